The molecule has 0 saturated carbocycles. The maximum absolute atomic E-state index is 12.5. The molecule has 0 heterocycles. The van der Waals surface area contributed by atoms with Crippen LogP contribution in [-0.4, -0.2) is 35.0 Å². The summed E-state index contributed by atoms with van der Waals surface area (Å²) in [6, 6.07) is 6.33. The highest BCUT2D eigenvalue weighted by molar-refractivity contribution is 5.98. The van der Waals surface area contributed by atoms with Crippen LogP contribution in [0.4, 0.5) is 0 Å². The first-order valence-corrected chi connectivity index (χ1v) is 8.76. The van der Waals surface area contributed by atoms with Crippen molar-refractivity contribution >= 4 is 17.8 Å². The zero-order valence-electron chi connectivity index (χ0n) is 16.5. The van der Waals surface area contributed by atoms with Gasteiger partial charge in [0.1, 0.15) is 0 Å². The summed E-state index contributed by atoms with van der Waals surface area (Å²) in [6.07, 6.45) is -0.163. The van der Waals surface area contributed by atoms with E-state index in [0.717, 1.165) is 0 Å². The van der Waals surface area contributed by atoms with Gasteiger partial charge in [-0.15, -0.1) is 0 Å². The minimum Gasteiger partial charge on any atom is -0.481 e. The largest absolute Gasteiger partial charge is 0.481 e. The highest BCUT2D eigenvalue weighted by Crippen LogP contribution is 2.21. The van der Waals surface area contributed by atoms with Crippen LogP contribution in [0.2, 0.25) is 0 Å². The monoisotopic (exact) mass is 362 g/mol. The van der Waals surface area contributed by atoms with E-state index in [0.29, 0.717) is 17.7 Å². The van der Waals surface area contributed by atoms with Gasteiger partial charge in [-0.25, -0.2) is 0 Å². The van der Waals surface area contributed by atoms with Crippen molar-refractivity contribution in [2.45, 2.75) is 53.5 Å². The molecule has 2 amide bonds. The van der Waals surface area contributed by atoms with E-state index in [1.54, 1.807) is 31.2 Å². The molecule has 0 aliphatic carbocycles. The molecule has 0 radical (unpaired) electrons. The average molecular weight is 362 g/mol. The molecule has 1 aromatic rings. The van der Waals surface area contributed by atoms with Gasteiger partial charge in [0.25, 0.3) is 11.8 Å². The van der Waals surface area contributed by atoms with E-state index in [4.69, 9.17) is 5.11 Å². The first-order valence-electron chi connectivity index (χ1n) is 8.76. The number of hydrogen-bond acceptors (Lipinski definition) is 3. The van der Waals surface area contributed by atoms with Gasteiger partial charge in [0.2, 0.25) is 0 Å². The van der Waals surface area contributed by atoms with Crippen molar-refractivity contribution in [2.24, 2.45) is 11.3 Å². The molecule has 0 bridgehead atoms. The summed E-state index contributed by atoms with van der Waals surface area (Å²) in [7, 11) is 0. The van der Waals surface area contributed by atoms with Gasteiger partial charge >= 0.3 is 5.97 Å². The fraction of sp³-hybridized carbons (Fsp3) is 0.550. The average Bonchev–Trinajstić information content (AvgIpc) is 2.51. The number of nitrogens with one attached hydrogen (secondary N) is 2. The van der Waals surface area contributed by atoms with Crippen molar-refractivity contribution in [1.82, 2.24) is 10.6 Å². The zero-order valence-corrected chi connectivity index (χ0v) is 16.5. The molecule has 6 nitrogen and oxygen atoms in total. The van der Waals surface area contributed by atoms with Crippen LogP contribution in [-0.2, 0) is 4.79 Å². The number of hydrogen-bond donors (Lipinski definition) is 3. The van der Waals surface area contributed by atoms with Crippen LogP contribution in [0.1, 0.15) is 68.7 Å². The van der Waals surface area contributed by atoms with Gasteiger partial charge in [0.15, 0.2) is 0 Å². The number of amides is 2. The third-order valence-electron chi connectivity index (χ3n) is 4.38. The summed E-state index contributed by atoms with van der Waals surface area (Å²) in [5, 5.41) is 14.8. The molecule has 1 aromatic carbocycles. The number of carboxylic acids is 1. The van der Waals surface area contributed by atoms with Gasteiger partial charge in [0, 0.05) is 17.7 Å². The SMILES string of the molecule is CC(C)C(C)(CC(=O)O)NC(=O)c1ccc(C(=O)NCC(C)(C)C)cc1. The quantitative estimate of drug-likeness (QED) is 0.694. The lowest BCUT2D eigenvalue weighted by Gasteiger charge is -2.33. The van der Waals surface area contributed by atoms with Crippen molar-refractivity contribution in [1.29, 1.82) is 0 Å². The van der Waals surface area contributed by atoms with Crippen molar-refractivity contribution in [3.05, 3.63) is 35.4 Å². The van der Waals surface area contributed by atoms with E-state index < -0.39 is 11.5 Å². The summed E-state index contributed by atoms with van der Waals surface area (Å²) in [4.78, 5) is 35.7. The molecule has 1 unspecified atom stereocenters. The Kier molecular flexibility index (Phi) is 6.95. The summed E-state index contributed by atoms with van der Waals surface area (Å²) in [5.74, 6) is -1.56. The molecule has 3 N–H and O–H groups in total. The molecule has 0 spiro atoms. The van der Waals surface area contributed by atoms with Crippen LogP contribution < -0.4 is 10.6 Å². The summed E-state index contributed by atoms with van der Waals surface area (Å²) in [5.41, 5.74) is -0.00957. The molecule has 0 aromatic heterocycles. The fourth-order valence-electron chi connectivity index (χ4n) is 2.26. The van der Waals surface area contributed by atoms with Crippen molar-refractivity contribution in [2.75, 3.05) is 6.54 Å². The molecule has 1 atom stereocenters. The molecule has 0 aliphatic rings. The highest BCUT2D eigenvalue weighted by Gasteiger charge is 2.33. The minimum atomic E-state index is -0.965. The van der Waals surface area contributed by atoms with Crippen molar-refractivity contribution in [3.63, 3.8) is 0 Å². The van der Waals surface area contributed by atoms with Gasteiger partial charge in [-0.3, -0.25) is 14.4 Å². The number of aliphatic carboxylic acids is 1. The lowest BCUT2D eigenvalue weighted by Crippen LogP contribution is -2.51. The topological polar surface area (TPSA) is 95.5 Å². The van der Waals surface area contributed by atoms with Gasteiger partial charge in [-0.2, -0.15) is 0 Å². The van der Waals surface area contributed by atoms with Gasteiger partial charge in [-0.1, -0.05) is 34.6 Å². The van der Waals surface area contributed by atoms with E-state index in [2.05, 4.69) is 10.6 Å². The van der Waals surface area contributed by atoms with Crippen LogP contribution in [0, 0.1) is 11.3 Å². The molecule has 6 heteroatoms. The number of benzene rings is 1. The molecule has 0 fully saturated rings. The van der Waals surface area contributed by atoms with Gasteiger partial charge < -0.3 is 15.7 Å². The van der Waals surface area contributed by atoms with Crippen molar-refractivity contribution < 1.29 is 19.5 Å². The fourth-order valence-corrected chi connectivity index (χ4v) is 2.26. The van der Waals surface area contributed by atoms with E-state index in [1.165, 1.54) is 0 Å². The second-order valence-electron chi connectivity index (χ2n) is 8.42. The molecule has 0 saturated heterocycles. The van der Waals surface area contributed by atoms with Gasteiger partial charge in [0.05, 0.1) is 12.0 Å². The first kappa shape index (κ1) is 21.7. The first-order chi connectivity index (χ1) is 11.8. The van der Waals surface area contributed by atoms with E-state index in [1.807, 2.05) is 34.6 Å². The Morgan fingerprint density at radius 2 is 1.42 bits per heavy atom. The standard InChI is InChI=1S/C20H30N2O4/c1-13(2)20(6,11-16(23)24)22-18(26)15-9-7-14(8-10-15)17(25)21-12-19(3,4)5/h7-10,13H,11-12H2,1-6H3,(H,21,25)(H,22,26)(H,23,24). The Balaban J connectivity index is 2.82. The maximum atomic E-state index is 12.5. The minimum absolute atomic E-state index is 0.0130. The lowest BCUT2D eigenvalue weighted by atomic mass is 9.85. The summed E-state index contributed by atoms with van der Waals surface area (Å²) in [6.45, 7) is 12.1. The number of carboxylic acid groups (broad SMARTS) is 1. The molecule has 1 rings (SSSR count). The lowest BCUT2D eigenvalue weighted by molar-refractivity contribution is -0.138. The molecule has 0 aliphatic heterocycles. The third-order valence-corrected chi connectivity index (χ3v) is 4.38. The number of carbonyl (C=O) groups is 3. The number of rotatable bonds is 7. The second-order valence-corrected chi connectivity index (χ2v) is 8.42. The Hall–Kier alpha value is -2.37. The Morgan fingerprint density at radius 1 is 0.962 bits per heavy atom. The van der Waals surface area contributed by atoms with Crippen LogP contribution in [0.5, 0.6) is 0 Å². The van der Waals surface area contributed by atoms with Gasteiger partial charge in [-0.05, 0) is 42.5 Å². The molecular weight excluding hydrogens is 332 g/mol. The smallest absolute Gasteiger partial charge is 0.305 e. The zero-order chi connectivity index (χ0) is 20.1. The predicted octanol–water partition coefficient (Wildman–Crippen LogP) is 3.08. The summed E-state index contributed by atoms with van der Waals surface area (Å²) >= 11 is 0. The molecular formula is C20H30N2O4. The third kappa shape index (κ3) is 6.50. The normalized spacial score (nSPS) is 13.8. The molecule has 26 heavy (non-hydrogen) atoms. The Bertz CT molecular complexity index is 659. The van der Waals surface area contributed by atoms with E-state index in [9.17, 15) is 14.4 Å². The van der Waals surface area contributed by atoms with Crippen LogP contribution in [0.3, 0.4) is 0 Å². The molecule has 144 valence electrons. The predicted molar refractivity (Wildman–Crippen MR) is 101 cm³/mol. The highest BCUT2D eigenvalue weighted by atomic mass is 16.4. The van der Waals surface area contributed by atoms with Crippen LogP contribution in [0.15, 0.2) is 24.3 Å². The number of carbonyl (C=O) groups excluding carboxylic acids is 2. The van der Waals surface area contributed by atoms with Crippen LogP contribution in [0.25, 0.3) is 0 Å². The maximum Gasteiger partial charge on any atom is 0.305 e. The Morgan fingerprint density at radius 3 is 1.81 bits per heavy atom. The van der Waals surface area contributed by atoms with E-state index in [-0.39, 0.29) is 29.6 Å². The summed E-state index contributed by atoms with van der Waals surface area (Å²) < 4.78 is 0. The van der Waals surface area contributed by atoms with Crippen LogP contribution >= 0.6 is 0 Å². The second kappa shape index (κ2) is 8.34. The van der Waals surface area contributed by atoms with E-state index >= 15 is 0 Å². The van der Waals surface area contributed by atoms with Crippen molar-refractivity contribution in [3.8, 4) is 0 Å². The Labute approximate surface area is 155 Å².